The van der Waals surface area contributed by atoms with Gasteiger partial charge < -0.3 is 14.8 Å². The second-order valence-electron chi connectivity index (χ2n) is 4.70. The van der Waals surface area contributed by atoms with Crippen LogP contribution in [0.1, 0.15) is 39.3 Å². The quantitative estimate of drug-likeness (QED) is 0.658. The number of aromatic nitrogens is 2. The summed E-state index contributed by atoms with van der Waals surface area (Å²) in [5, 5.41) is 3.29. The van der Waals surface area contributed by atoms with Crippen LogP contribution >= 0.6 is 0 Å². The van der Waals surface area contributed by atoms with E-state index in [0.29, 0.717) is 25.1 Å². The number of rotatable bonds is 10. The number of hydrogen-bond donors (Lipinski definition) is 1. The molecule has 0 aliphatic heterocycles. The van der Waals surface area contributed by atoms with Gasteiger partial charge in [-0.15, -0.1) is 0 Å². The van der Waals surface area contributed by atoms with Crippen molar-refractivity contribution in [2.45, 2.75) is 46.2 Å². The van der Waals surface area contributed by atoms with E-state index in [4.69, 9.17) is 9.47 Å². The predicted octanol–water partition coefficient (Wildman–Crippen LogP) is 2.17. The van der Waals surface area contributed by atoms with Crippen molar-refractivity contribution in [3.8, 4) is 5.88 Å². The van der Waals surface area contributed by atoms with Crippen LogP contribution in [0.3, 0.4) is 0 Å². The molecule has 1 rings (SSSR count). The monoisotopic (exact) mass is 267 g/mol. The lowest BCUT2D eigenvalue weighted by Gasteiger charge is -2.08. The van der Waals surface area contributed by atoms with Crippen molar-refractivity contribution >= 4 is 0 Å². The van der Waals surface area contributed by atoms with Gasteiger partial charge in [0.2, 0.25) is 5.88 Å². The van der Waals surface area contributed by atoms with Crippen molar-refractivity contribution in [2.75, 3.05) is 19.8 Å². The third-order valence-electron chi connectivity index (χ3n) is 2.49. The number of nitrogens with zero attached hydrogens (tertiary/aromatic N) is 2. The highest BCUT2D eigenvalue weighted by Crippen LogP contribution is 2.04. The number of ether oxygens (including phenoxy) is 2. The van der Waals surface area contributed by atoms with Gasteiger partial charge in [0.25, 0.3) is 0 Å². The minimum absolute atomic E-state index is 0.443. The summed E-state index contributed by atoms with van der Waals surface area (Å²) < 4.78 is 10.8. The zero-order valence-corrected chi connectivity index (χ0v) is 12.2. The summed E-state index contributed by atoms with van der Waals surface area (Å²) in [5.41, 5.74) is 0.917. The largest absolute Gasteiger partial charge is 0.474 e. The molecular weight excluding hydrogens is 242 g/mol. The molecule has 0 radical (unpaired) electrons. The number of unbranched alkanes of at least 4 members (excludes halogenated alkanes) is 1. The van der Waals surface area contributed by atoms with Crippen molar-refractivity contribution in [3.63, 3.8) is 0 Å². The highest BCUT2D eigenvalue weighted by Gasteiger charge is 2.00. The van der Waals surface area contributed by atoms with Gasteiger partial charge in [-0.2, -0.15) is 0 Å². The Labute approximate surface area is 115 Å². The molecule has 0 unspecified atom stereocenters. The highest BCUT2D eigenvalue weighted by molar-refractivity contribution is 5.07. The van der Waals surface area contributed by atoms with Crippen molar-refractivity contribution in [1.29, 1.82) is 0 Å². The maximum absolute atomic E-state index is 5.45. The Morgan fingerprint density at radius 1 is 1.16 bits per heavy atom. The van der Waals surface area contributed by atoms with Gasteiger partial charge in [-0.05, 0) is 6.42 Å². The van der Waals surface area contributed by atoms with E-state index in [1.165, 1.54) is 0 Å². The molecule has 1 aromatic heterocycles. The number of nitrogens with one attached hydrogen (secondary N) is 1. The molecule has 0 saturated heterocycles. The summed E-state index contributed by atoms with van der Waals surface area (Å²) in [7, 11) is 0. The molecule has 5 heteroatoms. The fourth-order valence-corrected chi connectivity index (χ4v) is 1.37. The molecule has 0 fully saturated rings. The molecule has 0 bridgehead atoms. The molecule has 0 amide bonds. The molecule has 0 saturated carbocycles. The van der Waals surface area contributed by atoms with E-state index in [1.807, 2.05) is 0 Å². The second-order valence-corrected chi connectivity index (χ2v) is 4.70. The molecule has 0 aromatic carbocycles. The molecule has 5 nitrogen and oxygen atoms in total. The first kappa shape index (κ1) is 15.9. The van der Waals surface area contributed by atoms with E-state index >= 15 is 0 Å². The van der Waals surface area contributed by atoms with Crippen molar-refractivity contribution in [2.24, 2.45) is 0 Å². The molecule has 0 atom stereocenters. The summed E-state index contributed by atoms with van der Waals surface area (Å²) in [6.45, 7) is 8.98. The Bertz CT molecular complexity index is 328. The van der Waals surface area contributed by atoms with Crippen LogP contribution in [-0.4, -0.2) is 35.8 Å². The van der Waals surface area contributed by atoms with E-state index in [2.05, 4.69) is 36.1 Å². The fourth-order valence-electron chi connectivity index (χ4n) is 1.37. The van der Waals surface area contributed by atoms with Crippen LogP contribution in [0.25, 0.3) is 0 Å². The molecular formula is C14H25N3O2. The zero-order chi connectivity index (χ0) is 13.9. The topological polar surface area (TPSA) is 56.3 Å². The van der Waals surface area contributed by atoms with Gasteiger partial charge in [-0.25, -0.2) is 4.98 Å². The first-order valence-electron chi connectivity index (χ1n) is 6.97. The van der Waals surface area contributed by atoms with Crippen molar-refractivity contribution in [3.05, 3.63) is 18.1 Å². The van der Waals surface area contributed by atoms with Crippen LogP contribution < -0.4 is 10.1 Å². The molecule has 19 heavy (non-hydrogen) atoms. The van der Waals surface area contributed by atoms with Crippen molar-refractivity contribution in [1.82, 2.24) is 15.3 Å². The predicted molar refractivity (Wildman–Crippen MR) is 75.2 cm³/mol. The molecule has 1 N–H and O–H groups in total. The van der Waals surface area contributed by atoms with E-state index in [9.17, 15) is 0 Å². The van der Waals surface area contributed by atoms with Crippen LogP contribution in [-0.2, 0) is 11.3 Å². The standard InChI is InChI=1S/C14H25N3O2/c1-4-5-6-18-7-8-19-14-11-16-13(10-17-14)9-15-12(2)3/h10-12,15H,4-9H2,1-3H3. The third kappa shape index (κ3) is 7.74. The van der Waals surface area contributed by atoms with E-state index in [-0.39, 0.29) is 0 Å². The SMILES string of the molecule is CCCCOCCOc1cnc(CNC(C)C)cn1. The summed E-state index contributed by atoms with van der Waals surface area (Å²) in [6.07, 6.45) is 5.64. The van der Waals surface area contributed by atoms with E-state index in [1.54, 1.807) is 12.4 Å². The molecule has 1 heterocycles. The zero-order valence-electron chi connectivity index (χ0n) is 12.2. The van der Waals surface area contributed by atoms with Crippen LogP contribution in [0, 0.1) is 0 Å². The lowest BCUT2D eigenvalue weighted by molar-refractivity contribution is 0.0963. The Morgan fingerprint density at radius 2 is 2.00 bits per heavy atom. The third-order valence-corrected chi connectivity index (χ3v) is 2.49. The highest BCUT2D eigenvalue weighted by atomic mass is 16.5. The van der Waals surface area contributed by atoms with Gasteiger partial charge in [0, 0.05) is 19.2 Å². The number of hydrogen-bond acceptors (Lipinski definition) is 5. The molecule has 0 spiro atoms. The van der Waals surface area contributed by atoms with Crippen LogP contribution in [0.5, 0.6) is 5.88 Å². The molecule has 0 aliphatic rings. The van der Waals surface area contributed by atoms with Gasteiger partial charge in [0.1, 0.15) is 6.61 Å². The molecule has 108 valence electrons. The summed E-state index contributed by atoms with van der Waals surface area (Å²) in [6, 6.07) is 0.443. The normalized spacial score (nSPS) is 10.9. The summed E-state index contributed by atoms with van der Waals surface area (Å²) in [5.74, 6) is 0.549. The first-order valence-corrected chi connectivity index (χ1v) is 6.97. The lowest BCUT2D eigenvalue weighted by atomic mass is 10.3. The Kier molecular flexibility index (Phi) is 8.09. The van der Waals surface area contributed by atoms with Crippen LogP contribution in [0.2, 0.25) is 0 Å². The second kappa shape index (κ2) is 9.69. The van der Waals surface area contributed by atoms with E-state index < -0.39 is 0 Å². The molecule has 0 aliphatic carbocycles. The van der Waals surface area contributed by atoms with Crippen molar-refractivity contribution < 1.29 is 9.47 Å². The lowest BCUT2D eigenvalue weighted by Crippen LogP contribution is -2.22. The maximum atomic E-state index is 5.45. The Balaban J connectivity index is 2.17. The minimum Gasteiger partial charge on any atom is -0.474 e. The van der Waals surface area contributed by atoms with Gasteiger partial charge in [-0.1, -0.05) is 27.2 Å². The summed E-state index contributed by atoms with van der Waals surface area (Å²) >= 11 is 0. The average Bonchev–Trinajstić information content (AvgIpc) is 2.41. The van der Waals surface area contributed by atoms with Gasteiger partial charge in [0.05, 0.1) is 24.7 Å². The van der Waals surface area contributed by atoms with Gasteiger partial charge >= 0.3 is 0 Å². The maximum Gasteiger partial charge on any atom is 0.232 e. The Morgan fingerprint density at radius 3 is 2.63 bits per heavy atom. The fraction of sp³-hybridized carbons (Fsp3) is 0.714. The van der Waals surface area contributed by atoms with Crippen LogP contribution in [0.4, 0.5) is 0 Å². The summed E-state index contributed by atoms with van der Waals surface area (Å²) in [4.78, 5) is 8.50. The Hall–Kier alpha value is -1.20. The van der Waals surface area contributed by atoms with Gasteiger partial charge in [-0.3, -0.25) is 4.98 Å². The molecule has 1 aromatic rings. The minimum atomic E-state index is 0.443. The average molecular weight is 267 g/mol. The first-order chi connectivity index (χ1) is 9.22. The van der Waals surface area contributed by atoms with Crippen LogP contribution in [0.15, 0.2) is 12.4 Å². The smallest absolute Gasteiger partial charge is 0.232 e. The van der Waals surface area contributed by atoms with E-state index in [0.717, 1.165) is 31.7 Å². The van der Waals surface area contributed by atoms with Gasteiger partial charge in [0.15, 0.2) is 0 Å².